The van der Waals surface area contributed by atoms with Crippen molar-refractivity contribution in [3.8, 4) is 0 Å². The molecular weight excluding hydrogens is 252 g/mol. The van der Waals surface area contributed by atoms with Crippen LogP contribution in [0.5, 0.6) is 0 Å². The fourth-order valence-corrected chi connectivity index (χ4v) is 2.83. The summed E-state index contributed by atoms with van der Waals surface area (Å²) in [5.41, 5.74) is 1.15. The van der Waals surface area contributed by atoms with Crippen LogP contribution in [0.15, 0.2) is 10.7 Å². The maximum absolute atomic E-state index is 4.70. The highest BCUT2D eigenvalue weighted by atomic mass is 79.9. The van der Waals surface area contributed by atoms with Crippen LogP contribution in [-0.2, 0) is 0 Å². The molecule has 1 saturated carbocycles. The molecule has 3 heteroatoms. The van der Waals surface area contributed by atoms with Gasteiger partial charge in [0.1, 0.15) is 5.82 Å². The Morgan fingerprint density at radius 2 is 2.00 bits per heavy atom. The molecule has 1 heterocycles. The van der Waals surface area contributed by atoms with Crippen molar-refractivity contribution in [2.24, 2.45) is 0 Å². The monoisotopic (exact) mass is 268 g/mol. The van der Waals surface area contributed by atoms with E-state index < -0.39 is 0 Å². The number of aromatic nitrogens is 2. The van der Waals surface area contributed by atoms with Crippen LogP contribution in [-0.4, -0.2) is 9.97 Å². The molecule has 1 aromatic rings. The fourth-order valence-electron chi connectivity index (χ4n) is 2.18. The van der Waals surface area contributed by atoms with Gasteiger partial charge in [-0.2, -0.15) is 0 Å². The first-order valence-corrected chi connectivity index (χ1v) is 6.50. The third kappa shape index (κ3) is 2.39. The van der Waals surface area contributed by atoms with Gasteiger partial charge < -0.3 is 0 Å². The zero-order chi connectivity index (χ0) is 10.8. The summed E-state index contributed by atoms with van der Waals surface area (Å²) in [4.78, 5) is 9.14. The Hall–Kier alpha value is -0.440. The van der Waals surface area contributed by atoms with Gasteiger partial charge in [0.25, 0.3) is 0 Å². The minimum absolute atomic E-state index is 0.461. The molecule has 1 aliphatic rings. The van der Waals surface area contributed by atoms with Gasteiger partial charge in [0, 0.05) is 12.1 Å². The van der Waals surface area contributed by atoms with Crippen LogP contribution < -0.4 is 0 Å². The van der Waals surface area contributed by atoms with Crippen molar-refractivity contribution < 1.29 is 0 Å². The number of halogens is 1. The average molecular weight is 269 g/mol. The second kappa shape index (κ2) is 4.60. The molecule has 1 fully saturated rings. The second-order valence-corrected chi connectivity index (χ2v) is 5.45. The molecule has 0 amide bonds. The van der Waals surface area contributed by atoms with Crippen molar-refractivity contribution in [2.75, 3.05) is 0 Å². The van der Waals surface area contributed by atoms with Crippen molar-refractivity contribution in [2.45, 2.75) is 51.4 Å². The number of nitrogens with zero attached hydrogens (tertiary/aromatic N) is 2. The van der Waals surface area contributed by atoms with Crippen LogP contribution in [0.2, 0.25) is 0 Å². The average Bonchev–Trinajstić information content (AvgIpc) is 2.71. The third-order valence-corrected chi connectivity index (χ3v) is 3.67. The fraction of sp³-hybridized carbons (Fsp3) is 0.667. The standard InChI is InChI=1S/C12H17BrN2/c1-8(2)11-10(13)7-14-12(15-11)9-5-3-4-6-9/h7-9H,3-6H2,1-2H3. The minimum Gasteiger partial charge on any atom is -0.240 e. The molecule has 2 nitrogen and oxygen atoms in total. The molecule has 0 unspecified atom stereocenters. The highest BCUT2D eigenvalue weighted by molar-refractivity contribution is 9.10. The van der Waals surface area contributed by atoms with E-state index in [1.165, 1.54) is 25.7 Å². The second-order valence-electron chi connectivity index (χ2n) is 4.60. The Morgan fingerprint density at radius 3 is 2.60 bits per heavy atom. The Labute approximate surface area is 99.7 Å². The van der Waals surface area contributed by atoms with Gasteiger partial charge in [-0.3, -0.25) is 0 Å². The van der Waals surface area contributed by atoms with Gasteiger partial charge in [-0.05, 0) is 34.7 Å². The zero-order valence-electron chi connectivity index (χ0n) is 9.33. The molecule has 0 atom stereocenters. The molecule has 1 aliphatic carbocycles. The highest BCUT2D eigenvalue weighted by Crippen LogP contribution is 2.33. The number of hydrogen-bond acceptors (Lipinski definition) is 2. The van der Waals surface area contributed by atoms with Crippen LogP contribution in [0.3, 0.4) is 0 Å². The lowest BCUT2D eigenvalue weighted by Gasteiger charge is -2.12. The van der Waals surface area contributed by atoms with Crippen LogP contribution in [0.1, 0.15) is 62.9 Å². The quantitative estimate of drug-likeness (QED) is 0.810. The summed E-state index contributed by atoms with van der Waals surface area (Å²) in [7, 11) is 0. The van der Waals surface area contributed by atoms with E-state index in [9.17, 15) is 0 Å². The van der Waals surface area contributed by atoms with Crippen molar-refractivity contribution >= 4 is 15.9 Å². The van der Waals surface area contributed by atoms with E-state index in [0.717, 1.165) is 16.0 Å². The molecule has 15 heavy (non-hydrogen) atoms. The lowest BCUT2D eigenvalue weighted by Crippen LogP contribution is -2.05. The predicted octanol–water partition coefficient (Wildman–Crippen LogP) is 4.02. The van der Waals surface area contributed by atoms with Gasteiger partial charge in [-0.25, -0.2) is 9.97 Å². The summed E-state index contributed by atoms with van der Waals surface area (Å²) in [5.74, 6) is 2.12. The summed E-state index contributed by atoms with van der Waals surface area (Å²) in [6, 6.07) is 0. The molecular formula is C12H17BrN2. The maximum Gasteiger partial charge on any atom is 0.131 e. The van der Waals surface area contributed by atoms with Crippen LogP contribution >= 0.6 is 15.9 Å². The molecule has 0 bridgehead atoms. The van der Waals surface area contributed by atoms with E-state index in [-0.39, 0.29) is 0 Å². The molecule has 0 spiro atoms. The summed E-state index contributed by atoms with van der Waals surface area (Å²) >= 11 is 3.51. The molecule has 2 rings (SSSR count). The first kappa shape index (κ1) is 11.1. The Kier molecular flexibility index (Phi) is 3.39. The van der Waals surface area contributed by atoms with Gasteiger partial charge >= 0.3 is 0 Å². The van der Waals surface area contributed by atoms with Crippen LogP contribution in [0.25, 0.3) is 0 Å². The van der Waals surface area contributed by atoms with E-state index in [2.05, 4.69) is 34.8 Å². The van der Waals surface area contributed by atoms with E-state index in [1.807, 2.05) is 6.20 Å². The largest absolute Gasteiger partial charge is 0.240 e. The number of rotatable bonds is 2. The van der Waals surface area contributed by atoms with Crippen molar-refractivity contribution in [3.63, 3.8) is 0 Å². The van der Waals surface area contributed by atoms with Gasteiger partial charge in [0.15, 0.2) is 0 Å². The van der Waals surface area contributed by atoms with E-state index >= 15 is 0 Å². The summed E-state index contributed by atoms with van der Waals surface area (Å²) < 4.78 is 1.04. The van der Waals surface area contributed by atoms with Crippen LogP contribution in [0, 0.1) is 0 Å². The first-order valence-electron chi connectivity index (χ1n) is 5.71. The number of hydrogen-bond donors (Lipinski definition) is 0. The summed E-state index contributed by atoms with van der Waals surface area (Å²) in [5, 5.41) is 0. The van der Waals surface area contributed by atoms with Gasteiger partial charge in [-0.1, -0.05) is 26.7 Å². The molecule has 0 radical (unpaired) electrons. The Morgan fingerprint density at radius 1 is 1.33 bits per heavy atom. The van der Waals surface area contributed by atoms with Crippen molar-refractivity contribution in [3.05, 3.63) is 22.2 Å². The smallest absolute Gasteiger partial charge is 0.131 e. The Balaban J connectivity index is 2.29. The molecule has 0 N–H and O–H groups in total. The molecule has 0 aliphatic heterocycles. The first-order chi connectivity index (χ1) is 7.18. The molecule has 1 aromatic heterocycles. The maximum atomic E-state index is 4.70. The molecule has 0 saturated heterocycles. The summed E-state index contributed by atoms with van der Waals surface area (Å²) in [6.45, 7) is 4.34. The lowest BCUT2D eigenvalue weighted by atomic mass is 10.1. The SMILES string of the molecule is CC(C)c1nc(C2CCCC2)ncc1Br. The molecule has 82 valence electrons. The van der Waals surface area contributed by atoms with Crippen molar-refractivity contribution in [1.29, 1.82) is 0 Å². The van der Waals surface area contributed by atoms with E-state index in [0.29, 0.717) is 11.8 Å². The topological polar surface area (TPSA) is 25.8 Å². The zero-order valence-corrected chi connectivity index (χ0v) is 10.9. The third-order valence-electron chi connectivity index (χ3n) is 3.06. The highest BCUT2D eigenvalue weighted by Gasteiger charge is 2.21. The van der Waals surface area contributed by atoms with Crippen LogP contribution in [0.4, 0.5) is 0 Å². The predicted molar refractivity (Wildman–Crippen MR) is 65.0 cm³/mol. The van der Waals surface area contributed by atoms with Gasteiger partial charge in [-0.15, -0.1) is 0 Å². The summed E-state index contributed by atoms with van der Waals surface area (Å²) in [6.07, 6.45) is 7.11. The van der Waals surface area contributed by atoms with E-state index in [4.69, 9.17) is 4.98 Å². The normalized spacial score (nSPS) is 17.6. The van der Waals surface area contributed by atoms with Gasteiger partial charge in [0.05, 0.1) is 10.2 Å². The lowest BCUT2D eigenvalue weighted by molar-refractivity contribution is 0.650. The van der Waals surface area contributed by atoms with Gasteiger partial charge in [0.2, 0.25) is 0 Å². The minimum atomic E-state index is 0.461. The molecule has 0 aromatic carbocycles. The van der Waals surface area contributed by atoms with E-state index in [1.54, 1.807) is 0 Å². The Bertz CT molecular complexity index is 343. The van der Waals surface area contributed by atoms with Crippen molar-refractivity contribution in [1.82, 2.24) is 9.97 Å².